The van der Waals surface area contributed by atoms with Gasteiger partial charge < -0.3 is 0 Å². The van der Waals surface area contributed by atoms with E-state index >= 15 is 0 Å². The van der Waals surface area contributed by atoms with E-state index in [-0.39, 0.29) is 0 Å². The number of allylic oxidation sites excluding steroid dienone is 1. The fraction of sp³-hybridized carbons (Fsp3) is 0.867. The Balaban J connectivity index is 2.07. The van der Waals surface area contributed by atoms with Gasteiger partial charge in [0.25, 0.3) is 0 Å². The second-order valence-electron chi connectivity index (χ2n) is 5.99. The Labute approximate surface area is 95.1 Å². The van der Waals surface area contributed by atoms with Gasteiger partial charge in [-0.1, -0.05) is 32.4 Å². The second-order valence-corrected chi connectivity index (χ2v) is 5.99. The van der Waals surface area contributed by atoms with Crippen molar-refractivity contribution in [3.05, 3.63) is 12.2 Å². The average molecular weight is 206 g/mol. The molecular formula is C15H26. The highest BCUT2D eigenvalue weighted by atomic mass is 14.5. The van der Waals surface area contributed by atoms with E-state index in [0.29, 0.717) is 5.41 Å². The first-order valence-corrected chi connectivity index (χ1v) is 6.85. The van der Waals surface area contributed by atoms with Gasteiger partial charge in [0.15, 0.2) is 0 Å². The third-order valence-corrected chi connectivity index (χ3v) is 5.36. The Bertz CT molecular complexity index is 224. The molecule has 3 fully saturated rings. The lowest BCUT2D eigenvalue weighted by molar-refractivity contribution is 0.00653. The Morgan fingerprint density at radius 3 is 1.93 bits per heavy atom. The molecule has 0 amide bonds. The van der Waals surface area contributed by atoms with Crippen LogP contribution in [-0.4, -0.2) is 0 Å². The predicted octanol–water partition coefficient (Wildman–Crippen LogP) is 5.09. The first-order chi connectivity index (χ1) is 7.16. The summed E-state index contributed by atoms with van der Waals surface area (Å²) < 4.78 is 0. The number of hydrogen-bond acceptors (Lipinski definition) is 0. The van der Waals surface area contributed by atoms with Crippen molar-refractivity contribution in [2.45, 2.75) is 71.6 Å². The predicted molar refractivity (Wildman–Crippen MR) is 66.9 cm³/mol. The highest BCUT2D eigenvalue weighted by molar-refractivity contribution is 5.16. The van der Waals surface area contributed by atoms with Gasteiger partial charge in [0, 0.05) is 0 Å². The zero-order valence-corrected chi connectivity index (χ0v) is 10.6. The van der Waals surface area contributed by atoms with Crippen molar-refractivity contribution < 1.29 is 0 Å². The van der Waals surface area contributed by atoms with E-state index in [1.54, 1.807) is 5.57 Å². The summed E-state index contributed by atoms with van der Waals surface area (Å²) in [4.78, 5) is 0. The molecule has 0 nitrogen and oxygen atoms in total. The summed E-state index contributed by atoms with van der Waals surface area (Å²) in [6, 6.07) is 0. The summed E-state index contributed by atoms with van der Waals surface area (Å²) in [5, 5.41) is 0. The Kier molecular flexibility index (Phi) is 2.96. The molecular weight excluding hydrogens is 180 g/mol. The third kappa shape index (κ3) is 1.77. The van der Waals surface area contributed by atoms with Crippen molar-refractivity contribution in [2.75, 3.05) is 0 Å². The molecule has 0 aromatic heterocycles. The third-order valence-electron chi connectivity index (χ3n) is 5.36. The lowest BCUT2D eigenvalue weighted by Gasteiger charge is -2.54. The van der Waals surface area contributed by atoms with E-state index in [2.05, 4.69) is 20.4 Å². The lowest BCUT2D eigenvalue weighted by atomic mass is 9.50. The minimum atomic E-state index is 0.574. The van der Waals surface area contributed by atoms with Gasteiger partial charge >= 0.3 is 0 Å². The first kappa shape index (κ1) is 11.2. The fourth-order valence-corrected chi connectivity index (χ4v) is 4.07. The van der Waals surface area contributed by atoms with Gasteiger partial charge in [-0.25, -0.2) is 0 Å². The van der Waals surface area contributed by atoms with Gasteiger partial charge in [0.2, 0.25) is 0 Å². The van der Waals surface area contributed by atoms with Crippen molar-refractivity contribution in [1.29, 1.82) is 0 Å². The highest BCUT2D eigenvalue weighted by Crippen LogP contribution is 2.61. The van der Waals surface area contributed by atoms with Crippen LogP contribution in [0.2, 0.25) is 0 Å². The summed E-state index contributed by atoms with van der Waals surface area (Å²) in [7, 11) is 0. The van der Waals surface area contributed by atoms with Gasteiger partial charge in [-0.3, -0.25) is 0 Å². The van der Waals surface area contributed by atoms with Crippen LogP contribution in [0.1, 0.15) is 71.6 Å². The molecule has 2 bridgehead atoms. The molecule has 0 unspecified atom stereocenters. The van der Waals surface area contributed by atoms with Crippen molar-refractivity contribution in [2.24, 2.45) is 10.8 Å². The molecule has 3 aliphatic carbocycles. The Hall–Kier alpha value is -0.260. The molecule has 0 aliphatic heterocycles. The van der Waals surface area contributed by atoms with Crippen LogP contribution in [0.15, 0.2) is 12.2 Å². The van der Waals surface area contributed by atoms with Crippen LogP contribution in [0, 0.1) is 10.8 Å². The minimum Gasteiger partial charge on any atom is -0.0993 e. The molecule has 0 radical (unpaired) electrons. The van der Waals surface area contributed by atoms with Crippen molar-refractivity contribution in [3.8, 4) is 0 Å². The maximum atomic E-state index is 4.33. The molecule has 3 aliphatic rings. The van der Waals surface area contributed by atoms with Crippen LogP contribution < -0.4 is 0 Å². The highest BCUT2D eigenvalue weighted by Gasteiger charge is 2.48. The first-order valence-electron chi connectivity index (χ1n) is 6.85. The molecule has 0 spiro atoms. The van der Waals surface area contributed by atoms with E-state index < -0.39 is 0 Å². The molecule has 0 aromatic carbocycles. The van der Waals surface area contributed by atoms with Gasteiger partial charge in [0.05, 0.1) is 0 Å². The smallest absolute Gasteiger partial charge is 0.00903 e. The number of fused-ring (bicyclic) bond motifs is 3. The molecule has 0 heterocycles. The van der Waals surface area contributed by atoms with E-state index in [1.165, 1.54) is 57.8 Å². The fourth-order valence-electron chi connectivity index (χ4n) is 4.07. The van der Waals surface area contributed by atoms with E-state index in [4.69, 9.17) is 0 Å². The average Bonchev–Trinajstić information content (AvgIpc) is 2.30. The summed E-state index contributed by atoms with van der Waals surface area (Å²) in [6.45, 7) is 8.95. The van der Waals surface area contributed by atoms with E-state index in [9.17, 15) is 0 Å². The Morgan fingerprint density at radius 1 is 1.00 bits per heavy atom. The lowest BCUT2D eigenvalue weighted by Crippen LogP contribution is -2.42. The largest absolute Gasteiger partial charge is 0.0993 e. The van der Waals surface area contributed by atoms with Crippen LogP contribution in [-0.2, 0) is 0 Å². The molecule has 0 atom stereocenters. The zero-order valence-electron chi connectivity index (χ0n) is 10.6. The molecule has 15 heavy (non-hydrogen) atoms. The second kappa shape index (κ2) is 3.96. The SMILES string of the molecule is C=C(CC)C12CCC(CCC)(CC1)CC2. The summed E-state index contributed by atoms with van der Waals surface area (Å²) in [5.41, 5.74) is 2.88. The van der Waals surface area contributed by atoms with Crippen molar-refractivity contribution >= 4 is 0 Å². The van der Waals surface area contributed by atoms with Crippen LogP contribution >= 0.6 is 0 Å². The van der Waals surface area contributed by atoms with Crippen LogP contribution in [0.3, 0.4) is 0 Å². The van der Waals surface area contributed by atoms with Crippen molar-refractivity contribution in [1.82, 2.24) is 0 Å². The molecule has 3 saturated carbocycles. The van der Waals surface area contributed by atoms with Crippen LogP contribution in [0.4, 0.5) is 0 Å². The number of hydrogen-bond donors (Lipinski definition) is 0. The topological polar surface area (TPSA) is 0 Å². The summed E-state index contributed by atoms with van der Waals surface area (Å²) >= 11 is 0. The molecule has 0 N–H and O–H groups in total. The molecule has 3 rings (SSSR count). The van der Waals surface area contributed by atoms with E-state index in [1.807, 2.05) is 0 Å². The summed E-state index contributed by atoms with van der Waals surface area (Å²) in [6.07, 6.45) is 12.8. The standard InChI is InChI=1S/C15H26/c1-4-6-14-7-10-15(11-8-14,12-9-14)13(3)5-2/h3-12H2,1-2H3. The van der Waals surface area contributed by atoms with Crippen LogP contribution in [0.5, 0.6) is 0 Å². The maximum absolute atomic E-state index is 4.33. The van der Waals surface area contributed by atoms with Gasteiger partial charge in [0.1, 0.15) is 0 Å². The van der Waals surface area contributed by atoms with Gasteiger partial charge in [-0.05, 0) is 62.2 Å². The van der Waals surface area contributed by atoms with E-state index in [0.717, 1.165) is 5.41 Å². The van der Waals surface area contributed by atoms with Crippen molar-refractivity contribution in [3.63, 3.8) is 0 Å². The monoisotopic (exact) mass is 206 g/mol. The molecule has 0 aromatic rings. The maximum Gasteiger partial charge on any atom is -0.00903 e. The number of rotatable bonds is 4. The normalized spacial score (nSPS) is 39.3. The quantitative estimate of drug-likeness (QED) is 0.562. The van der Waals surface area contributed by atoms with Crippen LogP contribution in [0.25, 0.3) is 0 Å². The zero-order chi connectivity index (χ0) is 10.9. The van der Waals surface area contributed by atoms with Gasteiger partial charge in [-0.2, -0.15) is 0 Å². The minimum absolute atomic E-state index is 0.574. The molecule has 86 valence electrons. The Morgan fingerprint density at radius 2 is 1.53 bits per heavy atom. The van der Waals surface area contributed by atoms with Gasteiger partial charge in [-0.15, -0.1) is 0 Å². The molecule has 0 saturated heterocycles. The molecule has 0 heteroatoms. The summed E-state index contributed by atoms with van der Waals surface area (Å²) in [5.74, 6) is 0.